The van der Waals surface area contributed by atoms with Gasteiger partial charge >= 0.3 is 0 Å². The molecule has 2 aromatic carbocycles. The highest BCUT2D eigenvalue weighted by Gasteiger charge is 2.30. The zero-order chi connectivity index (χ0) is 25.5. The molecule has 0 saturated carbocycles. The standard InChI is InChI=1S/C25H35N3O5S/c1-7-14-26-25(30)20(4)27(16-21-10-12-22(33-5)13-11-21)24(29)17-28(34(6,31)32)23-15-18(2)8-9-19(23)3/h8-13,15,20H,7,14,16-17H2,1-6H3,(H,26,30)/t20-/m0/s1. The topological polar surface area (TPSA) is 96.0 Å². The Hall–Kier alpha value is -3.07. The molecule has 2 aromatic rings. The molecule has 0 unspecified atom stereocenters. The summed E-state index contributed by atoms with van der Waals surface area (Å²) in [7, 11) is -2.19. The lowest BCUT2D eigenvalue weighted by Crippen LogP contribution is -2.51. The summed E-state index contributed by atoms with van der Waals surface area (Å²) in [4.78, 5) is 27.7. The van der Waals surface area contributed by atoms with Crippen molar-refractivity contribution >= 4 is 27.5 Å². The van der Waals surface area contributed by atoms with Crippen LogP contribution in [0, 0.1) is 13.8 Å². The van der Waals surface area contributed by atoms with E-state index in [2.05, 4.69) is 5.32 Å². The summed E-state index contributed by atoms with van der Waals surface area (Å²) in [6.45, 7) is 7.48. The molecule has 9 heteroatoms. The Morgan fingerprint density at radius 2 is 1.74 bits per heavy atom. The van der Waals surface area contributed by atoms with E-state index in [4.69, 9.17) is 4.74 Å². The maximum atomic E-state index is 13.5. The minimum atomic E-state index is -3.76. The van der Waals surface area contributed by atoms with E-state index in [-0.39, 0.29) is 12.5 Å². The molecule has 0 bridgehead atoms. The number of amides is 2. The normalized spacial score (nSPS) is 12.1. The zero-order valence-corrected chi connectivity index (χ0v) is 21.6. The monoisotopic (exact) mass is 489 g/mol. The van der Waals surface area contributed by atoms with Crippen molar-refractivity contribution in [2.75, 3.05) is 30.8 Å². The summed E-state index contributed by atoms with van der Waals surface area (Å²) in [5, 5.41) is 2.82. The Morgan fingerprint density at radius 1 is 1.09 bits per heavy atom. The summed E-state index contributed by atoms with van der Waals surface area (Å²) < 4.78 is 31.7. The number of benzene rings is 2. The Labute approximate surface area is 202 Å². The second-order valence-corrected chi connectivity index (χ2v) is 10.3. The van der Waals surface area contributed by atoms with Crippen LogP contribution in [0.15, 0.2) is 42.5 Å². The Balaban J connectivity index is 2.40. The van der Waals surface area contributed by atoms with Crippen LogP contribution in [-0.4, -0.2) is 57.6 Å². The van der Waals surface area contributed by atoms with Gasteiger partial charge in [-0.05, 0) is 62.1 Å². The molecular weight excluding hydrogens is 454 g/mol. The number of nitrogens with one attached hydrogen (secondary N) is 1. The van der Waals surface area contributed by atoms with Gasteiger partial charge in [-0.25, -0.2) is 8.42 Å². The highest BCUT2D eigenvalue weighted by atomic mass is 32.2. The van der Waals surface area contributed by atoms with Crippen molar-refractivity contribution in [3.8, 4) is 5.75 Å². The maximum Gasteiger partial charge on any atom is 0.244 e. The van der Waals surface area contributed by atoms with Gasteiger partial charge in [-0.1, -0.05) is 31.2 Å². The number of aryl methyl sites for hydroxylation is 2. The summed E-state index contributed by atoms with van der Waals surface area (Å²) in [6, 6.07) is 11.8. The molecule has 0 fully saturated rings. The first-order chi connectivity index (χ1) is 16.0. The number of carbonyl (C=O) groups is 2. The number of nitrogens with zero attached hydrogens (tertiary/aromatic N) is 2. The molecule has 1 atom stereocenters. The molecule has 0 aliphatic heterocycles. The summed E-state index contributed by atoms with van der Waals surface area (Å²) in [5.74, 6) is -0.0869. The van der Waals surface area contributed by atoms with Gasteiger partial charge in [0.05, 0.1) is 19.1 Å². The number of methoxy groups -OCH3 is 1. The third kappa shape index (κ3) is 7.21. The van der Waals surface area contributed by atoms with Crippen LogP contribution in [0.5, 0.6) is 5.75 Å². The Bertz CT molecular complexity index is 1100. The third-order valence-electron chi connectivity index (χ3n) is 5.54. The number of rotatable bonds is 11. The lowest BCUT2D eigenvalue weighted by Gasteiger charge is -2.32. The van der Waals surface area contributed by atoms with Crippen molar-refractivity contribution in [1.29, 1.82) is 0 Å². The molecule has 2 rings (SSSR count). The van der Waals surface area contributed by atoms with Crippen molar-refractivity contribution in [2.45, 2.75) is 46.7 Å². The first-order valence-electron chi connectivity index (χ1n) is 11.2. The largest absolute Gasteiger partial charge is 0.497 e. The van der Waals surface area contributed by atoms with Gasteiger partial charge in [0, 0.05) is 13.1 Å². The van der Waals surface area contributed by atoms with Gasteiger partial charge in [0.25, 0.3) is 0 Å². The van der Waals surface area contributed by atoms with E-state index in [0.29, 0.717) is 18.0 Å². The molecule has 186 valence electrons. The van der Waals surface area contributed by atoms with Crippen LogP contribution >= 0.6 is 0 Å². The average Bonchev–Trinajstić information content (AvgIpc) is 2.80. The summed E-state index contributed by atoms with van der Waals surface area (Å²) in [6.07, 6.45) is 1.84. The molecule has 0 aliphatic carbocycles. The summed E-state index contributed by atoms with van der Waals surface area (Å²) in [5.41, 5.74) is 2.86. The van der Waals surface area contributed by atoms with Crippen LogP contribution < -0.4 is 14.4 Å². The van der Waals surface area contributed by atoms with Crippen LogP contribution in [-0.2, 0) is 26.2 Å². The highest BCUT2D eigenvalue weighted by molar-refractivity contribution is 7.92. The highest BCUT2D eigenvalue weighted by Crippen LogP contribution is 2.24. The van der Waals surface area contributed by atoms with Gasteiger partial charge in [-0.15, -0.1) is 0 Å². The minimum Gasteiger partial charge on any atom is -0.497 e. The van der Waals surface area contributed by atoms with Crippen molar-refractivity contribution in [3.63, 3.8) is 0 Å². The lowest BCUT2D eigenvalue weighted by molar-refractivity contribution is -0.139. The fourth-order valence-corrected chi connectivity index (χ4v) is 4.39. The number of ether oxygens (including phenoxy) is 1. The number of carbonyl (C=O) groups excluding carboxylic acids is 2. The molecule has 8 nitrogen and oxygen atoms in total. The Morgan fingerprint density at radius 3 is 2.29 bits per heavy atom. The minimum absolute atomic E-state index is 0.147. The number of anilines is 1. The Kier molecular flexibility index (Phi) is 9.49. The van der Waals surface area contributed by atoms with Gasteiger partial charge in [0.2, 0.25) is 21.8 Å². The van der Waals surface area contributed by atoms with E-state index < -0.39 is 28.5 Å². The van der Waals surface area contributed by atoms with Crippen LogP contribution in [0.4, 0.5) is 5.69 Å². The number of hydrogen-bond donors (Lipinski definition) is 1. The smallest absolute Gasteiger partial charge is 0.244 e. The van der Waals surface area contributed by atoms with Crippen LogP contribution in [0.1, 0.15) is 37.0 Å². The maximum absolute atomic E-state index is 13.5. The van der Waals surface area contributed by atoms with Crippen LogP contribution in [0.25, 0.3) is 0 Å². The second kappa shape index (κ2) is 11.9. The molecule has 0 aliphatic rings. The molecule has 34 heavy (non-hydrogen) atoms. The molecule has 0 saturated heterocycles. The predicted molar refractivity (Wildman–Crippen MR) is 134 cm³/mol. The van der Waals surface area contributed by atoms with E-state index >= 15 is 0 Å². The first kappa shape index (κ1) is 27.2. The van der Waals surface area contributed by atoms with E-state index in [9.17, 15) is 18.0 Å². The van der Waals surface area contributed by atoms with Gasteiger partial charge < -0.3 is 15.0 Å². The van der Waals surface area contributed by atoms with E-state index in [1.54, 1.807) is 39.2 Å². The van der Waals surface area contributed by atoms with Crippen LogP contribution in [0.3, 0.4) is 0 Å². The van der Waals surface area contributed by atoms with E-state index in [1.165, 1.54) is 4.90 Å². The molecular formula is C25H35N3O5S. The number of hydrogen-bond acceptors (Lipinski definition) is 5. The van der Waals surface area contributed by atoms with E-state index in [1.807, 2.05) is 38.1 Å². The molecule has 0 aromatic heterocycles. The molecule has 2 amide bonds. The molecule has 1 N–H and O–H groups in total. The van der Waals surface area contributed by atoms with Gasteiger partial charge in [-0.3, -0.25) is 13.9 Å². The lowest BCUT2D eigenvalue weighted by atomic mass is 10.1. The first-order valence-corrected chi connectivity index (χ1v) is 13.1. The fourth-order valence-electron chi connectivity index (χ4n) is 3.49. The fraction of sp³-hybridized carbons (Fsp3) is 0.440. The van der Waals surface area contributed by atoms with Crippen molar-refractivity contribution in [1.82, 2.24) is 10.2 Å². The van der Waals surface area contributed by atoms with E-state index in [0.717, 1.165) is 33.7 Å². The molecule has 0 spiro atoms. The zero-order valence-electron chi connectivity index (χ0n) is 20.8. The average molecular weight is 490 g/mol. The number of sulfonamides is 1. The van der Waals surface area contributed by atoms with Crippen molar-refractivity contribution in [3.05, 3.63) is 59.2 Å². The summed E-state index contributed by atoms with van der Waals surface area (Å²) >= 11 is 0. The second-order valence-electron chi connectivity index (χ2n) is 8.40. The van der Waals surface area contributed by atoms with Gasteiger partial charge in [0.15, 0.2) is 0 Å². The predicted octanol–water partition coefficient (Wildman–Crippen LogP) is 3.02. The quantitative estimate of drug-likeness (QED) is 0.523. The SMILES string of the molecule is CCCNC(=O)[C@H](C)N(Cc1ccc(OC)cc1)C(=O)CN(c1cc(C)ccc1C)S(C)(=O)=O. The van der Waals surface area contributed by atoms with Crippen molar-refractivity contribution in [2.24, 2.45) is 0 Å². The molecule has 0 radical (unpaired) electrons. The van der Waals surface area contributed by atoms with Crippen LogP contribution in [0.2, 0.25) is 0 Å². The van der Waals surface area contributed by atoms with Gasteiger partial charge in [-0.2, -0.15) is 0 Å². The van der Waals surface area contributed by atoms with Gasteiger partial charge in [0.1, 0.15) is 18.3 Å². The van der Waals surface area contributed by atoms with Crippen molar-refractivity contribution < 1.29 is 22.7 Å². The molecule has 0 heterocycles. The third-order valence-corrected chi connectivity index (χ3v) is 6.67.